The topological polar surface area (TPSA) is 138 Å². The van der Waals surface area contributed by atoms with Crippen LogP contribution in [0.2, 0.25) is 0 Å². The summed E-state index contributed by atoms with van der Waals surface area (Å²) in [5.74, 6) is -6.44. The SMILES string of the molecule is CN(C)C1C(=O)C(C(N)=O)CC2(O)C(=O)C3C(=O)c4c(O)ccc(-c5cc6ccccc6s5)c4CC3CC12. The fourth-order valence-corrected chi connectivity index (χ4v) is 8.17. The van der Waals surface area contributed by atoms with E-state index in [0.29, 0.717) is 12.0 Å². The van der Waals surface area contributed by atoms with Crippen molar-refractivity contribution in [2.45, 2.75) is 30.9 Å². The van der Waals surface area contributed by atoms with Crippen molar-refractivity contribution in [1.29, 1.82) is 0 Å². The molecule has 4 N–H and O–H groups in total. The van der Waals surface area contributed by atoms with Crippen LogP contribution in [0.25, 0.3) is 20.5 Å². The highest BCUT2D eigenvalue weighted by atomic mass is 32.1. The summed E-state index contributed by atoms with van der Waals surface area (Å²) in [5, 5.41) is 23.6. The molecule has 3 aliphatic carbocycles. The molecule has 2 fully saturated rings. The van der Waals surface area contributed by atoms with Gasteiger partial charge in [0.25, 0.3) is 0 Å². The lowest BCUT2D eigenvalue weighted by atomic mass is 9.52. The summed E-state index contributed by atoms with van der Waals surface area (Å²) in [4.78, 5) is 55.7. The van der Waals surface area contributed by atoms with Crippen LogP contribution < -0.4 is 5.73 Å². The van der Waals surface area contributed by atoms with Crippen LogP contribution in [0.15, 0.2) is 42.5 Å². The van der Waals surface area contributed by atoms with Gasteiger partial charge in [-0.3, -0.25) is 24.1 Å². The number of rotatable bonds is 3. The predicted octanol–water partition coefficient (Wildman–Crippen LogP) is 2.57. The number of amides is 1. The third-order valence-corrected chi connectivity index (χ3v) is 9.91. The van der Waals surface area contributed by atoms with Gasteiger partial charge in [-0.05, 0) is 73.6 Å². The zero-order valence-corrected chi connectivity index (χ0v) is 21.8. The molecule has 0 bridgehead atoms. The van der Waals surface area contributed by atoms with Gasteiger partial charge in [0.05, 0.1) is 17.5 Å². The normalized spacial score (nSPS) is 30.7. The molecule has 1 heterocycles. The van der Waals surface area contributed by atoms with Crippen LogP contribution in [0.5, 0.6) is 5.75 Å². The molecule has 6 atom stereocenters. The maximum absolute atomic E-state index is 13.9. The number of aromatic hydroxyl groups is 1. The number of nitrogens with zero attached hydrogens (tertiary/aromatic N) is 1. The second-order valence-electron chi connectivity index (χ2n) is 11.0. The molecule has 6 rings (SSSR count). The van der Waals surface area contributed by atoms with Crippen molar-refractivity contribution in [1.82, 2.24) is 4.90 Å². The Labute approximate surface area is 223 Å². The number of carbonyl (C=O) groups excluding carboxylic acids is 4. The van der Waals surface area contributed by atoms with Crippen LogP contribution in [-0.4, -0.2) is 64.1 Å². The highest BCUT2D eigenvalue weighted by Gasteiger charge is 2.64. The third-order valence-electron chi connectivity index (χ3n) is 8.76. The summed E-state index contributed by atoms with van der Waals surface area (Å²) in [6.07, 6.45) is 0.168. The first kappa shape index (κ1) is 24.9. The Kier molecular flexibility index (Phi) is 5.61. The highest BCUT2D eigenvalue weighted by molar-refractivity contribution is 7.22. The van der Waals surface area contributed by atoms with Crippen molar-refractivity contribution in [3.05, 3.63) is 53.6 Å². The number of phenols is 1. The summed E-state index contributed by atoms with van der Waals surface area (Å²) >= 11 is 1.59. The third kappa shape index (κ3) is 3.42. The van der Waals surface area contributed by atoms with Gasteiger partial charge >= 0.3 is 0 Å². The minimum absolute atomic E-state index is 0.110. The van der Waals surface area contributed by atoms with E-state index in [2.05, 4.69) is 6.07 Å². The molecule has 1 amide bonds. The van der Waals surface area contributed by atoms with E-state index in [1.807, 2.05) is 24.3 Å². The molecular weight excluding hydrogens is 504 g/mol. The molecule has 3 aromatic rings. The van der Waals surface area contributed by atoms with Gasteiger partial charge in [-0.2, -0.15) is 0 Å². The van der Waals surface area contributed by atoms with Crippen molar-refractivity contribution in [2.75, 3.05) is 14.1 Å². The highest BCUT2D eigenvalue weighted by Crippen LogP contribution is 2.53. The number of Topliss-reactive ketones (excluding diaryl/α,β-unsaturated/α-hetero) is 3. The minimum atomic E-state index is -2.05. The molecule has 3 aliphatic rings. The van der Waals surface area contributed by atoms with Crippen molar-refractivity contribution < 1.29 is 29.4 Å². The fourth-order valence-electron chi connectivity index (χ4n) is 7.06. The van der Waals surface area contributed by atoms with E-state index in [-0.39, 0.29) is 17.7 Å². The lowest BCUT2D eigenvalue weighted by Crippen LogP contribution is -2.69. The summed E-state index contributed by atoms with van der Waals surface area (Å²) in [6, 6.07) is 12.4. The van der Waals surface area contributed by atoms with Crippen LogP contribution >= 0.6 is 11.3 Å². The first-order valence-electron chi connectivity index (χ1n) is 12.7. The second-order valence-corrected chi connectivity index (χ2v) is 12.1. The average molecular weight is 533 g/mol. The number of aliphatic hydroxyl groups is 1. The predicted molar refractivity (Wildman–Crippen MR) is 142 cm³/mol. The number of thiophene rings is 1. The number of primary amides is 1. The quantitative estimate of drug-likeness (QED) is 0.441. The molecule has 1 aromatic heterocycles. The van der Waals surface area contributed by atoms with Crippen molar-refractivity contribution >= 4 is 44.7 Å². The van der Waals surface area contributed by atoms with Gasteiger partial charge in [-0.15, -0.1) is 11.3 Å². The molecule has 38 heavy (non-hydrogen) atoms. The molecule has 6 unspecified atom stereocenters. The molecule has 196 valence electrons. The van der Waals surface area contributed by atoms with Crippen LogP contribution in [0.1, 0.15) is 28.8 Å². The second kappa shape index (κ2) is 8.56. The lowest BCUT2D eigenvalue weighted by Gasteiger charge is -2.53. The standard InChI is InChI=1S/C29H28N2O6S/c1-31(2)24-18-10-14-9-16-15(21-11-13-5-3-4-6-20(13)38-21)7-8-19(32)23(16)26(34)22(14)27(35)29(18,37)12-17(25(24)33)28(30)36/h3-8,11,14,17-18,22,24,32,37H,9-10,12H2,1-2H3,(H2,30,36). The van der Waals surface area contributed by atoms with E-state index in [1.165, 1.54) is 6.07 Å². The molecule has 2 saturated carbocycles. The molecule has 0 spiro atoms. The molecule has 0 saturated heterocycles. The number of ketones is 3. The Balaban J connectivity index is 1.47. The summed E-state index contributed by atoms with van der Waals surface area (Å²) in [5.41, 5.74) is 5.06. The average Bonchev–Trinajstić information content (AvgIpc) is 3.29. The first-order chi connectivity index (χ1) is 18.0. The molecule has 0 radical (unpaired) electrons. The number of hydrogen-bond donors (Lipinski definition) is 3. The van der Waals surface area contributed by atoms with Gasteiger partial charge in [-0.1, -0.05) is 18.2 Å². The number of phenolic OH excluding ortho intramolecular Hbond substituents is 1. The van der Waals surface area contributed by atoms with Gasteiger partial charge in [-0.25, -0.2) is 0 Å². The first-order valence-corrected chi connectivity index (χ1v) is 13.5. The van der Waals surface area contributed by atoms with Crippen molar-refractivity contribution in [2.24, 2.45) is 29.4 Å². The number of carbonyl (C=O) groups is 4. The molecule has 8 nitrogen and oxygen atoms in total. The van der Waals surface area contributed by atoms with Gasteiger partial charge < -0.3 is 15.9 Å². The zero-order chi connectivity index (χ0) is 27.1. The number of hydrogen-bond acceptors (Lipinski definition) is 8. The van der Waals surface area contributed by atoms with E-state index in [9.17, 15) is 29.4 Å². The zero-order valence-electron chi connectivity index (χ0n) is 21.0. The number of benzene rings is 2. The Morgan fingerprint density at radius 3 is 2.55 bits per heavy atom. The maximum Gasteiger partial charge on any atom is 0.228 e. The minimum Gasteiger partial charge on any atom is -0.507 e. The largest absolute Gasteiger partial charge is 0.507 e. The Bertz CT molecular complexity index is 1510. The molecular formula is C29H28N2O6S. The van der Waals surface area contributed by atoms with Gasteiger partial charge in [0.1, 0.15) is 17.3 Å². The summed E-state index contributed by atoms with van der Waals surface area (Å²) in [6.45, 7) is 0. The lowest BCUT2D eigenvalue weighted by molar-refractivity contribution is -0.176. The summed E-state index contributed by atoms with van der Waals surface area (Å²) in [7, 11) is 3.34. The van der Waals surface area contributed by atoms with Crippen LogP contribution in [0, 0.1) is 23.7 Å². The summed E-state index contributed by atoms with van der Waals surface area (Å²) < 4.78 is 1.10. The van der Waals surface area contributed by atoms with Crippen LogP contribution in [-0.2, 0) is 20.8 Å². The molecule has 2 aromatic carbocycles. The van der Waals surface area contributed by atoms with E-state index in [1.54, 1.807) is 36.4 Å². The Morgan fingerprint density at radius 1 is 1.13 bits per heavy atom. The van der Waals surface area contributed by atoms with E-state index in [4.69, 9.17) is 5.73 Å². The van der Waals surface area contributed by atoms with Crippen molar-refractivity contribution in [3.63, 3.8) is 0 Å². The Hall–Kier alpha value is -3.40. The van der Waals surface area contributed by atoms with Gasteiger partial charge in [0, 0.05) is 21.9 Å². The van der Waals surface area contributed by atoms with E-state index in [0.717, 1.165) is 20.5 Å². The molecule has 0 aliphatic heterocycles. The van der Waals surface area contributed by atoms with Gasteiger partial charge in [0.15, 0.2) is 17.3 Å². The van der Waals surface area contributed by atoms with Crippen LogP contribution in [0.4, 0.5) is 0 Å². The number of nitrogens with two attached hydrogens (primary N) is 1. The fraction of sp³-hybridized carbons (Fsp3) is 0.379. The number of likely N-dealkylation sites (N-methyl/N-ethyl adjacent to an activating group) is 1. The van der Waals surface area contributed by atoms with Crippen molar-refractivity contribution in [3.8, 4) is 16.2 Å². The molecule has 9 heteroatoms. The van der Waals surface area contributed by atoms with Crippen LogP contribution in [0.3, 0.4) is 0 Å². The maximum atomic E-state index is 13.9. The monoisotopic (exact) mass is 532 g/mol. The van der Waals surface area contributed by atoms with E-state index >= 15 is 0 Å². The van der Waals surface area contributed by atoms with Gasteiger partial charge in [0.2, 0.25) is 5.91 Å². The number of fused-ring (bicyclic) bond motifs is 4. The smallest absolute Gasteiger partial charge is 0.228 e. The Morgan fingerprint density at radius 2 is 1.87 bits per heavy atom. The van der Waals surface area contributed by atoms with E-state index < -0.39 is 65.0 Å².